The predicted octanol–water partition coefficient (Wildman–Crippen LogP) is -2.51. The van der Waals surface area contributed by atoms with Crippen LogP contribution in [-0.2, 0) is 14.3 Å². The molecule has 5 atom stereocenters. The molecule has 1 fully saturated rings. The maximum atomic E-state index is 9.61. The molecular formula is C9H20N2O6. The van der Waals surface area contributed by atoms with Crippen molar-refractivity contribution in [2.24, 2.45) is 0 Å². The minimum absolute atomic E-state index is 0.244. The van der Waals surface area contributed by atoms with E-state index in [2.05, 4.69) is 15.9 Å². The molecule has 1 saturated heterocycles. The molecule has 0 aromatic rings. The fourth-order valence-corrected chi connectivity index (χ4v) is 1.50. The van der Waals surface area contributed by atoms with Crippen LogP contribution in [0.3, 0.4) is 0 Å². The molecule has 1 rings (SSSR count). The lowest BCUT2D eigenvalue weighted by atomic mass is 10.0. The first-order chi connectivity index (χ1) is 8.07. The van der Waals surface area contributed by atoms with E-state index in [1.54, 1.807) is 6.92 Å². The molecule has 17 heavy (non-hydrogen) atoms. The van der Waals surface area contributed by atoms with E-state index in [1.807, 2.05) is 0 Å². The molecule has 0 unspecified atom stereocenters. The Hall–Kier alpha value is -0.320. The molecule has 0 aliphatic carbocycles. The van der Waals surface area contributed by atoms with E-state index in [0.717, 1.165) is 0 Å². The second-order valence-electron chi connectivity index (χ2n) is 3.79. The summed E-state index contributed by atoms with van der Waals surface area (Å²) in [5.74, 6) is 0. The molecule has 1 aliphatic heterocycles. The third-order valence-electron chi connectivity index (χ3n) is 2.49. The smallest absolute Gasteiger partial charge is 0.186 e. The average Bonchev–Trinajstić information content (AvgIpc) is 2.32. The summed E-state index contributed by atoms with van der Waals surface area (Å²) in [6, 6.07) is 0. The van der Waals surface area contributed by atoms with Gasteiger partial charge in [-0.1, -0.05) is 0 Å². The van der Waals surface area contributed by atoms with Gasteiger partial charge in [0.2, 0.25) is 0 Å². The van der Waals surface area contributed by atoms with E-state index < -0.39 is 30.7 Å². The molecule has 0 bridgehead atoms. The minimum atomic E-state index is -1.27. The Morgan fingerprint density at radius 1 is 1.18 bits per heavy atom. The first-order valence-corrected chi connectivity index (χ1v) is 5.40. The molecule has 1 heterocycles. The number of hydrazine groups is 1. The van der Waals surface area contributed by atoms with Crippen LogP contribution in [0.2, 0.25) is 0 Å². The van der Waals surface area contributed by atoms with Gasteiger partial charge in [0.15, 0.2) is 6.29 Å². The SMILES string of the molecule is CONNCCO[C@@H]1O[C@@H](C)[C@@H](O)[C@@H](O)[C@@H]1O. The van der Waals surface area contributed by atoms with Crippen LogP contribution in [0.1, 0.15) is 6.92 Å². The highest BCUT2D eigenvalue weighted by Gasteiger charge is 2.42. The van der Waals surface area contributed by atoms with Crippen LogP contribution < -0.4 is 11.0 Å². The van der Waals surface area contributed by atoms with Crippen LogP contribution >= 0.6 is 0 Å². The fraction of sp³-hybridized carbons (Fsp3) is 1.00. The summed E-state index contributed by atoms with van der Waals surface area (Å²) in [6.07, 6.45) is -5.19. The highest BCUT2D eigenvalue weighted by Crippen LogP contribution is 2.21. The third kappa shape index (κ3) is 4.12. The molecule has 0 aromatic heterocycles. The highest BCUT2D eigenvalue weighted by atomic mass is 16.7. The van der Waals surface area contributed by atoms with Gasteiger partial charge in [-0.2, -0.15) is 0 Å². The largest absolute Gasteiger partial charge is 0.388 e. The summed E-state index contributed by atoms with van der Waals surface area (Å²) >= 11 is 0. The quantitative estimate of drug-likeness (QED) is 0.260. The Balaban J connectivity index is 2.28. The third-order valence-corrected chi connectivity index (χ3v) is 2.49. The Morgan fingerprint density at radius 3 is 2.53 bits per heavy atom. The number of nitrogens with one attached hydrogen (secondary N) is 2. The van der Waals surface area contributed by atoms with E-state index in [0.29, 0.717) is 6.54 Å². The van der Waals surface area contributed by atoms with E-state index in [4.69, 9.17) is 9.47 Å². The van der Waals surface area contributed by atoms with Crippen LogP contribution in [0, 0.1) is 0 Å². The molecule has 0 radical (unpaired) electrons. The molecule has 8 nitrogen and oxygen atoms in total. The summed E-state index contributed by atoms with van der Waals surface area (Å²) in [7, 11) is 1.46. The zero-order valence-electron chi connectivity index (χ0n) is 9.87. The number of aliphatic hydroxyl groups is 3. The van der Waals surface area contributed by atoms with Crippen molar-refractivity contribution in [3.05, 3.63) is 0 Å². The highest BCUT2D eigenvalue weighted by molar-refractivity contribution is 4.87. The first-order valence-electron chi connectivity index (χ1n) is 5.40. The van der Waals surface area contributed by atoms with Gasteiger partial charge in [-0.3, -0.25) is 4.84 Å². The number of hydrogen-bond acceptors (Lipinski definition) is 8. The first kappa shape index (κ1) is 14.7. The summed E-state index contributed by atoms with van der Waals surface area (Å²) < 4.78 is 10.5. The minimum Gasteiger partial charge on any atom is -0.388 e. The van der Waals surface area contributed by atoms with Gasteiger partial charge in [0.25, 0.3) is 0 Å². The van der Waals surface area contributed by atoms with Crippen LogP contribution in [-0.4, -0.2) is 66.3 Å². The second kappa shape index (κ2) is 7.19. The van der Waals surface area contributed by atoms with Crippen molar-refractivity contribution in [3.8, 4) is 0 Å². The van der Waals surface area contributed by atoms with E-state index in [1.165, 1.54) is 7.11 Å². The summed E-state index contributed by atoms with van der Waals surface area (Å²) in [4.78, 5) is 4.53. The molecule has 0 saturated carbocycles. The van der Waals surface area contributed by atoms with Gasteiger partial charge in [-0.25, -0.2) is 5.43 Å². The fourth-order valence-electron chi connectivity index (χ4n) is 1.50. The monoisotopic (exact) mass is 252 g/mol. The van der Waals surface area contributed by atoms with Gasteiger partial charge in [-0.05, 0) is 6.92 Å². The lowest BCUT2D eigenvalue weighted by molar-refractivity contribution is -0.292. The summed E-state index contributed by atoms with van der Waals surface area (Å²) in [5.41, 5.74) is 5.07. The molecule has 102 valence electrons. The maximum absolute atomic E-state index is 9.61. The van der Waals surface area contributed by atoms with Crippen LogP contribution in [0.4, 0.5) is 0 Å². The van der Waals surface area contributed by atoms with Crippen molar-refractivity contribution in [1.82, 2.24) is 11.0 Å². The van der Waals surface area contributed by atoms with Crippen molar-refractivity contribution in [2.45, 2.75) is 37.6 Å². The molecule has 8 heteroatoms. The van der Waals surface area contributed by atoms with Crippen LogP contribution in [0.25, 0.3) is 0 Å². The van der Waals surface area contributed by atoms with Gasteiger partial charge in [-0.15, -0.1) is 5.59 Å². The van der Waals surface area contributed by atoms with Gasteiger partial charge in [0.1, 0.15) is 18.3 Å². The second-order valence-corrected chi connectivity index (χ2v) is 3.79. The number of hydrogen-bond donors (Lipinski definition) is 5. The molecule has 0 amide bonds. The topological polar surface area (TPSA) is 112 Å². The lowest BCUT2D eigenvalue weighted by Gasteiger charge is -2.38. The van der Waals surface area contributed by atoms with E-state index >= 15 is 0 Å². The van der Waals surface area contributed by atoms with Gasteiger partial charge < -0.3 is 24.8 Å². The zero-order valence-corrected chi connectivity index (χ0v) is 9.87. The van der Waals surface area contributed by atoms with Crippen molar-refractivity contribution in [1.29, 1.82) is 0 Å². The van der Waals surface area contributed by atoms with Crippen LogP contribution in [0.15, 0.2) is 0 Å². The Bertz CT molecular complexity index is 220. The molecule has 1 aliphatic rings. The van der Waals surface area contributed by atoms with Crippen molar-refractivity contribution >= 4 is 0 Å². The van der Waals surface area contributed by atoms with Gasteiger partial charge >= 0.3 is 0 Å². The Kier molecular flexibility index (Phi) is 6.23. The summed E-state index contributed by atoms with van der Waals surface area (Å²) in [5, 5.41) is 28.6. The molecule has 0 spiro atoms. The number of aliphatic hydroxyl groups excluding tert-OH is 3. The van der Waals surface area contributed by atoms with E-state index in [-0.39, 0.29) is 6.61 Å². The lowest BCUT2D eigenvalue weighted by Crippen LogP contribution is -2.57. The maximum Gasteiger partial charge on any atom is 0.186 e. The molecule has 0 aromatic carbocycles. The Labute approximate surface area is 99.4 Å². The predicted molar refractivity (Wildman–Crippen MR) is 56.5 cm³/mol. The zero-order chi connectivity index (χ0) is 12.8. The number of ether oxygens (including phenoxy) is 2. The van der Waals surface area contributed by atoms with Crippen molar-refractivity contribution in [3.63, 3.8) is 0 Å². The van der Waals surface area contributed by atoms with Crippen molar-refractivity contribution < 1.29 is 29.6 Å². The summed E-state index contributed by atoms with van der Waals surface area (Å²) in [6.45, 7) is 2.27. The average molecular weight is 252 g/mol. The molecular weight excluding hydrogens is 232 g/mol. The van der Waals surface area contributed by atoms with Gasteiger partial charge in [0, 0.05) is 6.54 Å². The normalized spacial score (nSPS) is 38.3. The molecule has 5 N–H and O–H groups in total. The van der Waals surface area contributed by atoms with Crippen molar-refractivity contribution in [2.75, 3.05) is 20.3 Å². The van der Waals surface area contributed by atoms with Gasteiger partial charge in [0.05, 0.1) is 19.8 Å². The number of rotatable bonds is 6. The van der Waals surface area contributed by atoms with E-state index in [9.17, 15) is 15.3 Å². The Morgan fingerprint density at radius 2 is 1.88 bits per heavy atom. The standard InChI is InChI=1S/C9H20N2O6/c1-5-6(12)7(13)8(14)9(17-5)16-4-3-10-11-15-2/h5-14H,3-4H2,1-2H3/t5-,6+,7+,8-,9+/m0/s1. The van der Waals surface area contributed by atoms with Crippen LogP contribution in [0.5, 0.6) is 0 Å².